The molecular formula is C22H22N2O4. The van der Waals surface area contributed by atoms with Crippen LogP contribution >= 0.6 is 0 Å². The maximum absolute atomic E-state index is 13.2. The SMILES string of the molecule is Cc1ccc2c(c1)CC(C(=O)N1CC3CC(C1)c1cccc(=O)n1C3)OC2=O. The number of rotatable bonds is 1. The minimum absolute atomic E-state index is 0.0279. The summed E-state index contributed by atoms with van der Waals surface area (Å²) in [6, 6.07) is 11.0. The highest BCUT2D eigenvalue weighted by Gasteiger charge is 2.40. The van der Waals surface area contributed by atoms with Crippen LogP contribution in [0.1, 0.15) is 39.5 Å². The highest BCUT2D eigenvalue weighted by atomic mass is 16.5. The number of cyclic esters (lactones) is 1. The quantitative estimate of drug-likeness (QED) is 0.711. The average Bonchev–Trinajstić information content (AvgIpc) is 2.67. The fourth-order valence-electron chi connectivity index (χ4n) is 4.94. The summed E-state index contributed by atoms with van der Waals surface area (Å²) in [4.78, 5) is 39.5. The summed E-state index contributed by atoms with van der Waals surface area (Å²) in [5.74, 6) is -0.140. The molecule has 4 heterocycles. The zero-order valence-electron chi connectivity index (χ0n) is 15.8. The molecule has 0 saturated carbocycles. The number of fused-ring (bicyclic) bond motifs is 5. The number of esters is 1. The Morgan fingerprint density at radius 2 is 1.96 bits per heavy atom. The molecule has 0 radical (unpaired) electrons. The van der Waals surface area contributed by atoms with Crippen molar-refractivity contribution in [3.8, 4) is 0 Å². The van der Waals surface area contributed by atoms with Gasteiger partial charge < -0.3 is 14.2 Å². The highest BCUT2D eigenvalue weighted by Crippen LogP contribution is 2.35. The Morgan fingerprint density at radius 1 is 1.11 bits per heavy atom. The lowest BCUT2D eigenvalue weighted by Gasteiger charge is -2.43. The van der Waals surface area contributed by atoms with E-state index in [0.29, 0.717) is 31.6 Å². The van der Waals surface area contributed by atoms with Crippen LogP contribution in [0.15, 0.2) is 41.2 Å². The van der Waals surface area contributed by atoms with E-state index in [2.05, 4.69) is 0 Å². The van der Waals surface area contributed by atoms with Crippen molar-refractivity contribution in [1.82, 2.24) is 9.47 Å². The first-order valence-corrected chi connectivity index (χ1v) is 9.78. The topological polar surface area (TPSA) is 68.6 Å². The molecular weight excluding hydrogens is 356 g/mol. The molecule has 6 heteroatoms. The largest absolute Gasteiger partial charge is 0.448 e. The van der Waals surface area contributed by atoms with Crippen LogP contribution in [0.2, 0.25) is 0 Å². The molecule has 6 nitrogen and oxygen atoms in total. The molecule has 3 aliphatic rings. The van der Waals surface area contributed by atoms with Crippen molar-refractivity contribution in [3.05, 3.63) is 69.1 Å². The van der Waals surface area contributed by atoms with Crippen molar-refractivity contribution < 1.29 is 14.3 Å². The second-order valence-corrected chi connectivity index (χ2v) is 8.20. The molecule has 3 atom stereocenters. The predicted molar refractivity (Wildman–Crippen MR) is 102 cm³/mol. The first-order chi connectivity index (χ1) is 13.5. The van der Waals surface area contributed by atoms with Gasteiger partial charge in [0.15, 0.2) is 6.10 Å². The van der Waals surface area contributed by atoms with Gasteiger partial charge in [-0.1, -0.05) is 23.8 Å². The van der Waals surface area contributed by atoms with Gasteiger partial charge in [0, 0.05) is 43.7 Å². The minimum atomic E-state index is -0.765. The van der Waals surface area contributed by atoms with Crippen molar-refractivity contribution in [3.63, 3.8) is 0 Å². The van der Waals surface area contributed by atoms with E-state index in [1.165, 1.54) is 0 Å². The third-order valence-electron chi connectivity index (χ3n) is 6.20. The van der Waals surface area contributed by atoms with Crippen LogP contribution < -0.4 is 5.56 Å². The van der Waals surface area contributed by atoms with Gasteiger partial charge >= 0.3 is 5.97 Å². The summed E-state index contributed by atoms with van der Waals surface area (Å²) < 4.78 is 7.34. The van der Waals surface area contributed by atoms with Gasteiger partial charge in [0.2, 0.25) is 0 Å². The van der Waals surface area contributed by atoms with Crippen LogP contribution in [0.4, 0.5) is 0 Å². The lowest BCUT2D eigenvalue weighted by atomic mass is 9.82. The molecule has 144 valence electrons. The number of ether oxygens (including phenoxy) is 1. The average molecular weight is 378 g/mol. The van der Waals surface area contributed by atoms with Gasteiger partial charge in [-0.15, -0.1) is 0 Å². The van der Waals surface area contributed by atoms with Crippen LogP contribution in [-0.4, -0.2) is 40.5 Å². The first kappa shape index (κ1) is 17.2. The van der Waals surface area contributed by atoms with Gasteiger partial charge in [-0.3, -0.25) is 9.59 Å². The number of aryl methyl sites for hydroxylation is 1. The lowest BCUT2D eigenvalue weighted by Crippen LogP contribution is -2.53. The highest BCUT2D eigenvalue weighted by molar-refractivity contribution is 5.96. The van der Waals surface area contributed by atoms with Gasteiger partial charge in [-0.25, -0.2) is 4.79 Å². The molecule has 2 aromatic rings. The van der Waals surface area contributed by atoms with Gasteiger partial charge in [-0.05, 0) is 37.0 Å². The number of piperidine rings is 1. The number of nitrogens with zero attached hydrogens (tertiary/aromatic N) is 2. The Labute approximate surface area is 162 Å². The summed E-state index contributed by atoms with van der Waals surface area (Å²) in [7, 11) is 0. The second-order valence-electron chi connectivity index (χ2n) is 8.20. The number of hydrogen-bond acceptors (Lipinski definition) is 4. The predicted octanol–water partition coefficient (Wildman–Crippen LogP) is 1.88. The lowest BCUT2D eigenvalue weighted by molar-refractivity contribution is -0.143. The molecule has 2 bridgehead atoms. The van der Waals surface area contributed by atoms with E-state index < -0.39 is 12.1 Å². The zero-order valence-corrected chi connectivity index (χ0v) is 15.8. The normalized spacial score (nSPS) is 25.5. The monoisotopic (exact) mass is 378 g/mol. The molecule has 1 saturated heterocycles. The van der Waals surface area contributed by atoms with Crippen molar-refractivity contribution in [2.24, 2.45) is 5.92 Å². The van der Waals surface area contributed by atoms with Crippen LogP contribution in [0.5, 0.6) is 0 Å². The van der Waals surface area contributed by atoms with E-state index in [-0.39, 0.29) is 23.3 Å². The van der Waals surface area contributed by atoms with E-state index in [1.807, 2.05) is 34.6 Å². The van der Waals surface area contributed by atoms with Crippen LogP contribution in [0.25, 0.3) is 0 Å². The summed E-state index contributed by atoms with van der Waals surface area (Å²) in [5, 5.41) is 0. The molecule has 28 heavy (non-hydrogen) atoms. The molecule has 3 aliphatic heterocycles. The maximum Gasteiger partial charge on any atom is 0.339 e. The summed E-state index contributed by atoms with van der Waals surface area (Å²) in [6.07, 6.45) is 0.641. The van der Waals surface area contributed by atoms with Gasteiger partial charge in [0.05, 0.1) is 5.56 Å². The summed E-state index contributed by atoms with van der Waals surface area (Å²) in [6.45, 7) is 3.78. The van der Waals surface area contributed by atoms with E-state index in [4.69, 9.17) is 4.74 Å². The molecule has 1 aromatic heterocycles. The van der Waals surface area contributed by atoms with Crippen molar-refractivity contribution in [2.45, 2.75) is 38.3 Å². The molecule has 1 aromatic carbocycles. The minimum Gasteiger partial charge on any atom is -0.448 e. The number of likely N-dealkylation sites (tertiary alicyclic amines) is 1. The second kappa shape index (κ2) is 6.33. The number of benzene rings is 1. The van der Waals surface area contributed by atoms with Crippen molar-refractivity contribution in [2.75, 3.05) is 13.1 Å². The number of carbonyl (C=O) groups is 2. The van der Waals surface area contributed by atoms with Gasteiger partial charge in [0.1, 0.15) is 0 Å². The Morgan fingerprint density at radius 3 is 2.82 bits per heavy atom. The third kappa shape index (κ3) is 2.75. The Bertz CT molecular complexity index is 1040. The van der Waals surface area contributed by atoms with Gasteiger partial charge in [0.25, 0.3) is 11.5 Å². The Balaban J connectivity index is 1.39. The number of pyridine rings is 1. The smallest absolute Gasteiger partial charge is 0.339 e. The summed E-state index contributed by atoms with van der Waals surface area (Å²) in [5.41, 5.74) is 3.53. The molecule has 5 rings (SSSR count). The Kier molecular flexibility index (Phi) is 3.89. The van der Waals surface area contributed by atoms with E-state index in [0.717, 1.165) is 23.2 Å². The van der Waals surface area contributed by atoms with Gasteiger partial charge in [-0.2, -0.15) is 0 Å². The fraction of sp³-hybridized carbons (Fsp3) is 0.409. The van der Waals surface area contributed by atoms with Crippen molar-refractivity contribution >= 4 is 11.9 Å². The third-order valence-corrected chi connectivity index (χ3v) is 6.20. The molecule has 0 N–H and O–H groups in total. The van der Waals surface area contributed by atoms with Crippen LogP contribution in [-0.2, 0) is 22.5 Å². The number of amides is 1. The van der Waals surface area contributed by atoms with Crippen LogP contribution in [0.3, 0.4) is 0 Å². The molecule has 3 unspecified atom stereocenters. The maximum atomic E-state index is 13.2. The molecule has 1 fully saturated rings. The van der Waals surface area contributed by atoms with E-state index >= 15 is 0 Å². The van der Waals surface area contributed by atoms with Crippen molar-refractivity contribution in [1.29, 1.82) is 0 Å². The van der Waals surface area contributed by atoms with E-state index in [1.54, 1.807) is 18.2 Å². The number of carbonyl (C=O) groups excluding carboxylic acids is 2. The first-order valence-electron chi connectivity index (χ1n) is 9.78. The molecule has 1 amide bonds. The zero-order chi connectivity index (χ0) is 19.4. The molecule has 0 spiro atoms. The molecule has 0 aliphatic carbocycles. The Hall–Kier alpha value is -2.89. The number of hydrogen-bond donors (Lipinski definition) is 0. The standard InChI is InChI=1S/C22H22N2O4/c1-13-5-6-17-15(7-13)9-19(28-22(17)27)21(26)23-10-14-8-16(12-23)18-3-2-4-20(25)24(18)11-14/h2-7,14,16,19H,8-12H2,1H3. The summed E-state index contributed by atoms with van der Waals surface area (Å²) >= 11 is 0. The van der Waals surface area contributed by atoms with Crippen LogP contribution in [0, 0.1) is 12.8 Å². The number of aromatic nitrogens is 1. The van der Waals surface area contributed by atoms with E-state index in [9.17, 15) is 14.4 Å². The fourth-order valence-corrected chi connectivity index (χ4v) is 4.94.